The summed E-state index contributed by atoms with van der Waals surface area (Å²) in [5.41, 5.74) is 6.35. The molecule has 1 saturated heterocycles. The van der Waals surface area contributed by atoms with Crippen molar-refractivity contribution in [2.24, 2.45) is 11.8 Å². The minimum Gasteiger partial charge on any atom is -0.492 e. The van der Waals surface area contributed by atoms with E-state index in [4.69, 9.17) is 16.3 Å². The maximum atomic E-state index is 13.7. The molecule has 1 fully saturated rings. The molecule has 2 aliphatic rings. The maximum Gasteiger partial charge on any atom is 0.227 e. The van der Waals surface area contributed by atoms with E-state index in [2.05, 4.69) is 61.8 Å². The number of hydrogen-bond donors (Lipinski definition) is 0. The first-order valence-corrected chi connectivity index (χ1v) is 13.2. The molecule has 4 rings (SSSR count). The summed E-state index contributed by atoms with van der Waals surface area (Å²) in [6, 6.07) is 10.7. The molecule has 2 aromatic carbocycles. The zero-order valence-corrected chi connectivity index (χ0v) is 22.0. The van der Waals surface area contributed by atoms with E-state index in [-0.39, 0.29) is 11.8 Å². The van der Waals surface area contributed by atoms with Gasteiger partial charge >= 0.3 is 0 Å². The number of amides is 1. The number of carbonyl (C=O) groups excluding carboxylic acids is 1. The van der Waals surface area contributed by atoms with Crippen LogP contribution in [0.4, 0.5) is 0 Å². The first-order valence-electron chi connectivity index (χ1n) is 12.8. The maximum absolute atomic E-state index is 13.7. The Labute approximate surface area is 210 Å². The predicted octanol–water partition coefficient (Wildman–Crippen LogP) is 6.18. The minimum absolute atomic E-state index is 0.0588. The third-order valence-electron chi connectivity index (χ3n) is 7.27. The number of benzene rings is 2. The first kappa shape index (κ1) is 25.1. The number of aryl methyl sites for hydroxylation is 2. The van der Waals surface area contributed by atoms with Gasteiger partial charge in [0.2, 0.25) is 5.91 Å². The van der Waals surface area contributed by atoms with Crippen molar-refractivity contribution in [1.82, 2.24) is 9.80 Å². The highest BCUT2D eigenvalue weighted by Crippen LogP contribution is 2.34. The van der Waals surface area contributed by atoms with Crippen molar-refractivity contribution < 1.29 is 9.53 Å². The van der Waals surface area contributed by atoms with Crippen LogP contribution in [-0.2, 0) is 24.3 Å². The van der Waals surface area contributed by atoms with Gasteiger partial charge in [-0.15, -0.1) is 0 Å². The van der Waals surface area contributed by atoms with Gasteiger partial charge in [-0.3, -0.25) is 9.69 Å². The van der Waals surface area contributed by atoms with E-state index in [1.54, 1.807) is 0 Å². The Morgan fingerprint density at radius 3 is 2.85 bits per heavy atom. The van der Waals surface area contributed by atoms with Crippen LogP contribution < -0.4 is 4.74 Å². The van der Waals surface area contributed by atoms with Crippen molar-refractivity contribution in [1.29, 1.82) is 0 Å². The average molecular weight is 483 g/mol. The summed E-state index contributed by atoms with van der Waals surface area (Å²) < 4.78 is 5.89. The summed E-state index contributed by atoms with van der Waals surface area (Å²) in [7, 11) is 0. The Hall–Kier alpha value is -2.04. The quantitative estimate of drug-likeness (QED) is 0.472. The topological polar surface area (TPSA) is 32.8 Å². The standard InChI is InChI=1S/C29H39ClN2O2/c1-20(2)16-32(17-23-14-24-9-5-6-13-34-28(24)27(30)15-23)29(33)26-11-12-31(19-26)18-25-10-7-8-21(3)22(25)4/h7-8,10,14-15,20,26H,5-6,9,11-13,16-19H2,1-4H3. The van der Waals surface area contributed by atoms with Crippen LogP contribution in [0.25, 0.3) is 0 Å². The molecule has 184 valence electrons. The predicted molar refractivity (Wildman–Crippen MR) is 139 cm³/mol. The first-order chi connectivity index (χ1) is 16.3. The SMILES string of the molecule is Cc1cccc(CN2CCC(C(=O)N(Cc3cc(Cl)c4c(c3)CCCCO4)CC(C)C)C2)c1C. The lowest BCUT2D eigenvalue weighted by Gasteiger charge is -2.28. The normalized spacial score (nSPS) is 18.5. The smallest absolute Gasteiger partial charge is 0.227 e. The van der Waals surface area contributed by atoms with E-state index >= 15 is 0 Å². The molecule has 34 heavy (non-hydrogen) atoms. The lowest BCUT2D eigenvalue weighted by molar-refractivity contribution is -0.136. The van der Waals surface area contributed by atoms with Gasteiger partial charge in [0.05, 0.1) is 17.5 Å². The van der Waals surface area contributed by atoms with Gasteiger partial charge in [0.15, 0.2) is 0 Å². The highest BCUT2D eigenvalue weighted by molar-refractivity contribution is 6.32. The van der Waals surface area contributed by atoms with E-state index in [9.17, 15) is 4.79 Å². The molecule has 5 heteroatoms. The molecule has 0 N–H and O–H groups in total. The van der Waals surface area contributed by atoms with Crippen LogP contribution in [0.1, 0.15) is 60.9 Å². The molecule has 4 nitrogen and oxygen atoms in total. The molecule has 2 heterocycles. The number of fused-ring (bicyclic) bond motifs is 1. The van der Waals surface area contributed by atoms with E-state index in [0.29, 0.717) is 17.5 Å². The van der Waals surface area contributed by atoms with Gasteiger partial charge in [-0.05, 0) is 85.9 Å². The Morgan fingerprint density at radius 2 is 2.06 bits per heavy atom. The Kier molecular flexibility index (Phi) is 8.21. The van der Waals surface area contributed by atoms with E-state index in [0.717, 1.165) is 69.8 Å². The number of hydrogen-bond acceptors (Lipinski definition) is 3. The molecule has 0 saturated carbocycles. The van der Waals surface area contributed by atoms with Crippen molar-refractivity contribution in [2.45, 2.75) is 66.5 Å². The van der Waals surface area contributed by atoms with Crippen LogP contribution in [-0.4, -0.2) is 41.9 Å². The van der Waals surface area contributed by atoms with Crippen molar-refractivity contribution in [3.8, 4) is 5.75 Å². The second-order valence-electron chi connectivity index (χ2n) is 10.6. The van der Waals surface area contributed by atoms with Gasteiger partial charge in [0.25, 0.3) is 0 Å². The summed E-state index contributed by atoms with van der Waals surface area (Å²) in [5, 5.41) is 0.673. The molecule has 0 spiro atoms. The number of ether oxygens (including phenoxy) is 1. The van der Waals surface area contributed by atoms with Crippen LogP contribution in [0, 0.1) is 25.7 Å². The molecule has 2 aromatic rings. The monoisotopic (exact) mass is 482 g/mol. The van der Waals surface area contributed by atoms with Crippen LogP contribution in [0.3, 0.4) is 0 Å². The van der Waals surface area contributed by atoms with Gasteiger partial charge in [0, 0.05) is 26.2 Å². The molecule has 0 aromatic heterocycles. The third kappa shape index (κ3) is 5.95. The van der Waals surface area contributed by atoms with Crippen molar-refractivity contribution in [3.05, 3.63) is 63.2 Å². The number of nitrogens with zero attached hydrogens (tertiary/aromatic N) is 2. The van der Waals surface area contributed by atoms with E-state index in [1.807, 2.05) is 6.07 Å². The number of likely N-dealkylation sites (tertiary alicyclic amines) is 1. The van der Waals surface area contributed by atoms with Crippen LogP contribution in [0.15, 0.2) is 30.3 Å². The lowest BCUT2D eigenvalue weighted by atomic mass is 10.0. The Morgan fingerprint density at radius 1 is 1.24 bits per heavy atom. The fraction of sp³-hybridized carbons (Fsp3) is 0.552. The second kappa shape index (κ2) is 11.1. The lowest BCUT2D eigenvalue weighted by Crippen LogP contribution is -2.39. The highest BCUT2D eigenvalue weighted by atomic mass is 35.5. The molecule has 0 bridgehead atoms. The summed E-state index contributed by atoms with van der Waals surface area (Å²) in [6.45, 7) is 13.5. The molecule has 0 radical (unpaired) electrons. The zero-order chi connectivity index (χ0) is 24.2. The van der Waals surface area contributed by atoms with E-state index in [1.165, 1.54) is 22.3 Å². The van der Waals surface area contributed by atoms with Gasteiger partial charge in [-0.25, -0.2) is 0 Å². The van der Waals surface area contributed by atoms with Crippen molar-refractivity contribution in [3.63, 3.8) is 0 Å². The molecular weight excluding hydrogens is 444 g/mol. The largest absolute Gasteiger partial charge is 0.492 e. The minimum atomic E-state index is 0.0588. The van der Waals surface area contributed by atoms with Crippen LogP contribution in [0.5, 0.6) is 5.75 Å². The molecule has 1 amide bonds. The Balaban J connectivity index is 1.45. The molecule has 2 aliphatic heterocycles. The molecular formula is C29H39ClN2O2. The van der Waals surface area contributed by atoms with Crippen LogP contribution >= 0.6 is 11.6 Å². The van der Waals surface area contributed by atoms with E-state index < -0.39 is 0 Å². The van der Waals surface area contributed by atoms with Gasteiger partial charge < -0.3 is 9.64 Å². The fourth-order valence-electron chi connectivity index (χ4n) is 5.30. The highest BCUT2D eigenvalue weighted by Gasteiger charge is 2.32. The number of halogens is 1. The Bertz CT molecular complexity index is 1020. The van der Waals surface area contributed by atoms with Gasteiger partial charge in [-0.2, -0.15) is 0 Å². The summed E-state index contributed by atoms with van der Waals surface area (Å²) >= 11 is 6.60. The molecule has 1 unspecified atom stereocenters. The van der Waals surface area contributed by atoms with Crippen molar-refractivity contribution in [2.75, 3.05) is 26.2 Å². The van der Waals surface area contributed by atoms with Gasteiger partial charge in [-0.1, -0.05) is 49.7 Å². The molecule has 0 aliphatic carbocycles. The third-order valence-corrected chi connectivity index (χ3v) is 7.55. The van der Waals surface area contributed by atoms with Crippen LogP contribution in [0.2, 0.25) is 5.02 Å². The van der Waals surface area contributed by atoms with Crippen molar-refractivity contribution >= 4 is 17.5 Å². The average Bonchev–Trinajstić information content (AvgIpc) is 3.12. The summed E-state index contributed by atoms with van der Waals surface area (Å²) in [5.74, 6) is 1.58. The fourth-order valence-corrected chi connectivity index (χ4v) is 5.61. The van der Waals surface area contributed by atoms with Gasteiger partial charge in [0.1, 0.15) is 5.75 Å². The number of rotatable bonds is 7. The summed E-state index contributed by atoms with van der Waals surface area (Å²) in [6.07, 6.45) is 4.08. The second-order valence-corrected chi connectivity index (χ2v) is 11.0. The number of carbonyl (C=O) groups is 1. The molecule has 1 atom stereocenters. The summed E-state index contributed by atoms with van der Waals surface area (Å²) in [4.78, 5) is 18.2. The zero-order valence-electron chi connectivity index (χ0n) is 21.2.